The van der Waals surface area contributed by atoms with Crippen molar-refractivity contribution < 1.29 is 4.39 Å². The first kappa shape index (κ1) is 14.2. The van der Waals surface area contributed by atoms with Crippen LogP contribution in [0.2, 0.25) is 0 Å². The fraction of sp³-hybridized carbons (Fsp3) is 0.600. The molecule has 0 aromatic heterocycles. The second kappa shape index (κ2) is 6.75. The number of hydrogen-bond acceptors (Lipinski definition) is 1. The Hall–Kier alpha value is -0.890. The van der Waals surface area contributed by atoms with E-state index in [0.717, 1.165) is 18.4 Å². The highest BCUT2D eigenvalue weighted by atomic mass is 19.1. The standard InChI is InChI=1S/C15H24FN/c1-11(2)9-12(3)17-13(4)10-14-7-5-6-8-15(14)16/h5-8,11-13,17H,9-10H2,1-4H3. The predicted molar refractivity (Wildman–Crippen MR) is 71.6 cm³/mol. The van der Waals surface area contributed by atoms with Gasteiger partial charge in [0, 0.05) is 12.1 Å². The normalized spacial score (nSPS) is 14.9. The third-order valence-corrected chi connectivity index (χ3v) is 2.88. The maximum atomic E-state index is 13.5. The van der Waals surface area contributed by atoms with Crippen molar-refractivity contribution in [3.8, 4) is 0 Å². The molecule has 1 aromatic carbocycles. The average Bonchev–Trinajstić information content (AvgIpc) is 2.19. The van der Waals surface area contributed by atoms with E-state index >= 15 is 0 Å². The van der Waals surface area contributed by atoms with Crippen molar-refractivity contribution in [2.24, 2.45) is 5.92 Å². The van der Waals surface area contributed by atoms with Crippen molar-refractivity contribution in [2.45, 2.75) is 52.6 Å². The maximum absolute atomic E-state index is 13.5. The van der Waals surface area contributed by atoms with Gasteiger partial charge in [-0.1, -0.05) is 32.0 Å². The summed E-state index contributed by atoms with van der Waals surface area (Å²) in [7, 11) is 0. The van der Waals surface area contributed by atoms with E-state index in [2.05, 4.69) is 33.0 Å². The number of rotatable bonds is 6. The molecule has 0 aliphatic carbocycles. The van der Waals surface area contributed by atoms with Crippen LogP contribution in [0.15, 0.2) is 24.3 Å². The van der Waals surface area contributed by atoms with Gasteiger partial charge in [0.05, 0.1) is 0 Å². The van der Waals surface area contributed by atoms with Crippen LogP contribution in [-0.4, -0.2) is 12.1 Å². The fourth-order valence-electron chi connectivity index (χ4n) is 2.31. The first-order chi connectivity index (χ1) is 7.99. The van der Waals surface area contributed by atoms with Crippen LogP contribution in [-0.2, 0) is 6.42 Å². The molecule has 2 atom stereocenters. The molecule has 0 saturated carbocycles. The zero-order valence-corrected chi connectivity index (χ0v) is 11.3. The minimum Gasteiger partial charge on any atom is -0.311 e. The second-order valence-corrected chi connectivity index (χ2v) is 5.39. The van der Waals surface area contributed by atoms with E-state index in [1.54, 1.807) is 6.07 Å². The summed E-state index contributed by atoms with van der Waals surface area (Å²) >= 11 is 0. The number of hydrogen-bond donors (Lipinski definition) is 1. The molecule has 0 aliphatic rings. The lowest BCUT2D eigenvalue weighted by molar-refractivity contribution is 0.397. The van der Waals surface area contributed by atoms with Crippen LogP contribution in [0.4, 0.5) is 4.39 Å². The van der Waals surface area contributed by atoms with Crippen LogP contribution >= 0.6 is 0 Å². The van der Waals surface area contributed by atoms with E-state index in [-0.39, 0.29) is 5.82 Å². The molecule has 0 spiro atoms. The van der Waals surface area contributed by atoms with Gasteiger partial charge in [-0.05, 0) is 44.2 Å². The third-order valence-electron chi connectivity index (χ3n) is 2.88. The lowest BCUT2D eigenvalue weighted by Crippen LogP contribution is -2.36. The summed E-state index contributed by atoms with van der Waals surface area (Å²) in [5.41, 5.74) is 0.796. The predicted octanol–water partition coefficient (Wildman–Crippen LogP) is 3.78. The van der Waals surface area contributed by atoms with Gasteiger partial charge in [0.15, 0.2) is 0 Å². The number of halogens is 1. The summed E-state index contributed by atoms with van der Waals surface area (Å²) in [6.07, 6.45) is 1.90. The van der Waals surface area contributed by atoms with Crippen LogP contribution in [0.3, 0.4) is 0 Å². The van der Waals surface area contributed by atoms with E-state index in [4.69, 9.17) is 0 Å². The van der Waals surface area contributed by atoms with Gasteiger partial charge in [0.2, 0.25) is 0 Å². The lowest BCUT2D eigenvalue weighted by atomic mass is 10.0. The molecule has 0 amide bonds. The van der Waals surface area contributed by atoms with Gasteiger partial charge >= 0.3 is 0 Å². The van der Waals surface area contributed by atoms with Crippen LogP contribution in [0.25, 0.3) is 0 Å². The Balaban J connectivity index is 2.44. The van der Waals surface area contributed by atoms with Gasteiger partial charge in [-0.3, -0.25) is 0 Å². The topological polar surface area (TPSA) is 12.0 Å². The van der Waals surface area contributed by atoms with Crippen molar-refractivity contribution in [3.05, 3.63) is 35.6 Å². The van der Waals surface area contributed by atoms with Gasteiger partial charge in [0.25, 0.3) is 0 Å². The Kier molecular flexibility index (Phi) is 5.63. The molecule has 0 bridgehead atoms. The molecule has 17 heavy (non-hydrogen) atoms. The molecule has 0 saturated heterocycles. The molecule has 1 N–H and O–H groups in total. The Morgan fingerprint density at radius 3 is 2.29 bits per heavy atom. The quantitative estimate of drug-likeness (QED) is 0.794. The van der Waals surface area contributed by atoms with Crippen molar-refractivity contribution >= 4 is 0 Å². The van der Waals surface area contributed by atoms with Crippen LogP contribution < -0.4 is 5.32 Å². The van der Waals surface area contributed by atoms with Gasteiger partial charge in [-0.15, -0.1) is 0 Å². The highest BCUT2D eigenvalue weighted by Gasteiger charge is 2.11. The second-order valence-electron chi connectivity index (χ2n) is 5.39. The highest BCUT2D eigenvalue weighted by Crippen LogP contribution is 2.10. The number of nitrogens with one attached hydrogen (secondary N) is 1. The summed E-state index contributed by atoms with van der Waals surface area (Å²) in [6.45, 7) is 8.75. The molecular formula is C15H24FN. The molecule has 96 valence electrons. The van der Waals surface area contributed by atoms with Crippen LogP contribution in [0.5, 0.6) is 0 Å². The van der Waals surface area contributed by atoms with E-state index in [0.29, 0.717) is 18.0 Å². The van der Waals surface area contributed by atoms with E-state index in [1.165, 1.54) is 6.07 Å². The van der Waals surface area contributed by atoms with Gasteiger partial charge in [-0.2, -0.15) is 0 Å². The largest absolute Gasteiger partial charge is 0.311 e. The van der Waals surface area contributed by atoms with Gasteiger partial charge in [0.1, 0.15) is 5.82 Å². The minimum absolute atomic E-state index is 0.0994. The van der Waals surface area contributed by atoms with Crippen LogP contribution in [0.1, 0.15) is 39.7 Å². The van der Waals surface area contributed by atoms with E-state index < -0.39 is 0 Å². The molecule has 0 radical (unpaired) electrons. The third kappa shape index (κ3) is 5.31. The van der Waals surface area contributed by atoms with Gasteiger partial charge < -0.3 is 5.32 Å². The molecule has 0 aliphatic heterocycles. The molecule has 1 nitrogen and oxygen atoms in total. The van der Waals surface area contributed by atoms with Crippen molar-refractivity contribution in [3.63, 3.8) is 0 Å². The first-order valence-corrected chi connectivity index (χ1v) is 6.48. The molecule has 1 aromatic rings. The van der Waals surface area contributed by atoms with Crippen LogP contribution in [0, 0.1) is 11.7 Å². The summed E-state index contributed by atoms with van der Waals surface area (Å²) in [5.74, 6) is 0.593. The lowest BCUT2D eigenvalue weighted by Gasteiger charge is -2.21. The Bertz CT molecular complexity index is 335. The first-order valence-electron chi connectivity index (χ1n) is 6.48. The maximum Gasteiger partial charge on any atom is 0.126 e. The monoisotopic (exact) mass is 237 g/mol. The summed E-state index contributed by atoms with van der Waals surface area (Å²) in [5, 5.41) is 3.52. The van der Waals surface area contributed by atoms with Crippen molar-refractivity contribution in [1.82, 2.24) is 5.32 Å². The number of benzene rings is 1. The highest BCUT2D eigenvalue weighted by molar-refractivity contribution is 5.18. The van der Waals surface area contributed by atoms with Crippen molar-refractivity contribution in [1.29, 1.82) is 0 Å². The Morgan fingerprint density at radius 1 is 1.06 bits per heavy atom. The Morgan fingerprint density at radius 2 is 1.71 bits per heavy atom. The van der Waals surface area contributed by atoms with E-state index in [1.807, 2.05) is 12.1 Å². The molecular weight excluding hydrogens is 213 g/mol. The molecule has 2 heteroatoms. The molecule has 0 fully saturated rings. The summed E-state index contributed by atoms with van der Waals surface area (Å²) < 4.78 is 13.5. The zero-order valence-electron chi connectivity index (χ0n) is 11.3. The summed E-state index contributed by atoms with van der Waals surface area (Å²) in [4.78, 5) is 0. The zero-order chi connectivity index (χ0) is 12.8. The van der Waals surface area contributed by atoms with Gasteiger partial charge in [-0.25, -0.2) is 4.39 Å². The smallest absolute Gasteiger partial charge is 0.126 e. The fourth-order valence-corrected chi connectivity index (χ4v) is 2.31. The Labute approximate surface area is 104 Å². The molecule has 0 heterocycles. The SMILES string of the molecule is CC(C)CC(C)NC(C)Cc1ccccc1F. The summed E-state index contributed by atoms with van der Waals surface area (Å²) in [6, 6.07) is 7.80. The van der Waals surface area contributed by atoms with E-state index in [9.17, 15) is 4.39 Å². The molecule has 2 unspecified atom stereocenters. The minimum atomic E-state index is -0.0994. The van der Waals surface area contributed by atoms with Crippen molar-refractivity contribution in [2.75, 3.05) is 0 Å². The average molecular weight is 237 g/mol. The molecule has 1 rings (SSSR count).